The molecule has 0 saturated heterocycles. The summed E-state index contributed by atoms with van der Waals surface area (Å²) >= 11 is 0. The third-order valence-electron chi connectivity index (χ3n) is 5.68. The first kappa shape index (κ1) is 16.1. The molecular formula is C17H26O4. The summed E-state index contributed by atoms with van der Waals surface area (Å²) in [6.07, 6.45) is 5.88. The van der Waals surface area contributed by atoms with Gasteiger partial charge in [-0.1, -0.05) is 33.3 Å². The summed E-state index contributed by atoms with van der Waals surface area (Å²) in [5.74, 6) is -0.880. The minimum absolute atomic E-state index is 0.164. The number of ether oxygens (including phenoxy) is 2. The largest absolute Gasteiger partial charge is 0.469 e. The van der Waals surface area contributed by atoms with E-state index in [1.165, 1.54) is 14.2 Å². The second-order valence-electron chi connectivity index (χ2n) is 7.24. The van der Waals surface area contributed by atoms with Crippen molar-refractivity contribution in [2.24, 2.45) is 22.7 Å². The van der Waals surface area contributed by atoms with Crippen LogP contribution in [0.15, 0.2) is 11.6 Å². The highest BCUT2D eigenvalue weighted by molar-refractivity contribution is 5.96. The fraction of sp³-hybridized carbons (Fsp3) is 0.765. The molecule has 0 heterocycles. The number of fused-ring (bicyclic) bond motifs is 1. The number of carbonyl (C=O) groups is 2. The molecule has 2 rings (SSSR count). The number of hydrogen-bond donors (Lipinski definition) is 0. The number of carbonyl (C=O) groups excluding carboxylic acids is 2. The number of esters is 2. The first-order valence-electron chi connectivity index (χ1n) is 7.64. The molecule has 0 aromatic carbocycles. The molecule has 2 aliphatic rings. The zero-order chi connectivity index (χ0) is 15.8. The minimum Gasteiger partial charge on any atom is -0.469 e. The maximum absolute atomic E-state index is 12.4. The van der Waals surface area contributed by atoms with Gasteiger partial charge >= 0.3 is 11.9 Å². The smallest absolute Gasteiger partial charge is 0.334 e. The topological polar surface area (TPSA) is 52.6 Å². The van der Waals surface area contributed by atoms with Crippen LogP contribution in [0.3, 0.4) is 0 Å². The van der Waals surface area contributed by atoms with Crippen molar-refractivity contribution in [3.8, 4) is 0 Å². The van der Waals surface area contributed by atoms with E-state index < -0.39 is 11.9 Å². The lowest BCUT2D eigenvalue weighted by Gasteiger charge is -2.55. The van der Waals surface area contributed by atoms with Gasteiger partial charge in [0.15, 0.2) is 0 Å². The van der Waals surface area contributed by atoms with Crippen molar-refractivity contribution in [2.45, 2.75) is 46.5 Å². The molecule has 2 aliphatic carbocycles. The fourth-order valence-electron chi connectivity index (χ4n) is 4.65. The first-order valence-corrected chi connectivity index (χ1v) is 7.64. The van der Waals surface area contributed by atoms with Crippen LogP contribution in [0.1, 0.15) is 46.5 Å². The van der Waals surface area contributed by atoms with Crippen molar-refractivity contribution in [1.82, 2.24) is 0 Å². The number of methoxy groups -OCH3 is 2. The van der Waals surface area contributed by atoms with Gasteiger partial charge in [0.05, 0.1) is 20.1 Å². The Morgan fingerprint density at radius 2 is 1.81 bits per heavy atom. The third-order valence-corrected chi connectivity index (χ3v) is 5.68. The van der Waals surface area contributed by atoms with Crippen LogP contribution in [-0.4, -0.2) is 26.2 Å². The molecule has 118 valence electrons. The Morgan fingerprint density at radius 3 is 2.38 bits per heavy atom. The number of rotatable bonds is 2. The molecule has 4 nitrogen and oxygen atoms in total. The van der Waals surface area contributed by atoms with E-state index in [0.29, 0.717) is 11.5 Å². The Labute approximate surface area is 126 Å². The first-order chi connectivity index (χ1) is 9.78. The zero-order valence-corrected chi connectivity index (χ0v) is 13.7. The molecule has 1 saturated carbocycles. The lowest BCUT2D eigenvalue weighted by molar-refractivity contribution is -0.158. The summed E-state index contributed by atoms with van der Waals surface area (Å²) in [5, 5.41) is 0. The van der Waals surface area contributed by atoms with Crippen LogP contribution in [0.2, 0.25) is 0 Å². The molecule has 3 atom stereocenters. The van der Waals surface area contributed by atoms with E-state index in [4.69, 9.17) is 9.47 Å². The highest BCUT2D eigenvalue weighted by atomic mass is 16.5. The van der Waals surface area contributed by atoms with Gasteiger partial charge in [-0.15, -0.1) is 0 Å². The Balaban J connectivity index is 2.51. The summed E-state index contributed by atoms with van der Waals surface area (Å²) in [6, 6.07) is 0. The molecule has 1 unspecified atom stereocenters. The molecule has 0 aromatic heterocycles. The molecule has 0 radical (unpaired) electrons. The molecule has 0 N–H and O–H groups in total. The summed E-state index contributed by atoms with van der Waals surface area (Å²) < 4.78 is 9.89. The standard InChI is InChI=1S/C17H26O4/c1-16(2)9-6-10-17(3)12(16)8-7-11(14(18)20-4)13(17)15(19)21-5/h7,12-13H,6,8-10H2,1-5H3/t12?,13-,17+/m1/s1. The average Bonchev–Trinajstić information content (AvgIpc) is 2.43. The number of allylic oxidation sites excluding steroid dienone is 1. The van der Waals surface area contributed by atoms with E-state index in [2.05, 4.69) is 20.8 Å². The summed E-state index contributed by atoms with van der Waals surface area (Å²) in [7, 11) is 2.74. The SMILES string of the molecule is COC(=O)C1=CCC2C(C)(C)CCC[C@]2(C)[C@H]1C(=O)OC. The van der Waals surface area contributed by atoms with Crippen molar-refractivity contribution in [3.05, 3.63) is 11.6 Å². The van der Waals surface area contributed by atoms with Gasteiger partial charge in [0.25, 0.3) is 0 Å². The highest BCUT2D eigenvalue weighted by Crippen LogP contribution is 2.59. The van der Waals surface area contributed by atoms with Crippen molar-refractivity contribution in [1.29, 1.82) is 0 Å². The van der Waals surface area contributed by atoms with Crippen LogP contribution < -0.4 is 0 Å². The molecule has 4 heteroatoms. The van der Waals surface area contributed by atoms with Crippen LogP contribution in [-0.2, 0) is 19.1 Å². The van der Waals surface area contributed by atoms with Crippen LogP contribution >= 0.6 is 0 Å². The second-order valence-corrected chi connectivity index (χ2v) is 7.24. The summed E-state index contributed by atoms with van der Waals surface area (Å²) in [5.41, 5.74) is 0.394. The molecule has 0 amide bonds. The van der Waals surface area contributed by atoms with Gasteiger partial charge in [-0.2, -0.15) is 0 Å². The molecule has 0 aliphatic heterocycles. The van der Waals surface area contributed by atoms with Crippen LogP contribution in [0.25, 0.3) is 0 Å². The molecule has 0 aromatic rings. The average molecular weight is 294 g/mol. The van der Waals surface area contributed by atoms with Crippen LogP contribution in [0.4, 0.5) is 0 Å². The Morgan fingerprint density at radius 1 is 1.14 bits per heavy atom. The maximum Gasteiger partial charge on any atom is 0.334 e. The summed E-state index contributed by atoms with van der Waals surface area (Å²) in [4.78, 5) is 24.5. The Hall–Kier alpha value is -1.32. The Bertz CT molecular complexity index is 477. The van der Waals surface area contributed by atoms with E-state index in [1.54, 1.807) is 0 Å². The Kier molecular flexibility index (Phi) is 4.18. The molecule has 21 heavy (non-hydrogen) atoms. The van der Waals surface area contributed by atoms with E-state index in [1.807, 2.05) is 6.08 Å². The van der Waals surface area contributed by atoms with Crippen LogP contribution in [0.5, 0.6) is 0 Å². The monoisotopic (exact) mass is 294 g/mol. The van der Waals surface area contributed by atoms with Gasteiger partial charge in [-0.25, -0.2) is 4.79 Å². The van der Waals surface area contributed by atoms with Crippen LogP contribution in [0, 0.1) is 22.7 Å². The molecular weight excluding hydrogens is 268 g/mol. The second kappa shape index (κ2) is 5.47. The number of hydrogen-bond acceptors (Lipinski definition) is 4. The van der Waals surface area contributed by atoms with E-state index in [-0.39, 0.29) is 16.8 Å². The van der Waals surface area contributed by atoms with Gasteiger partial charge < -0.3 is 9.47 Å². The van der Waals surface area contributed by atoms with Crippen molar-refractivity contribution in [2.75, 3.05) is 14.2 Å². The predicted molar refractivity (Wildman–Crippen MR) is 79.5 cm³/mol. The zero-order valence-electron chi connectivity index (χ0n) is 13.7. The summed E-state index contributed by atoms with van der Waals surface area (Å²) in [6.45, 7) is 6.66. The van der Waals surface area contributed by atoms with E-state index in [9.17, 15) is 9.59 Å². The molecule has 0 bridgehead atoms. The fourth-order valence-corrected chi connectivity index (χ4v) is 4.65. The maximum atomic E-state index is 12.4. The quantitative estimate of drug-likeness (QED) is 0.734. The molecule has 0 spiro atoms. The third kappa shape index (κ3) is 2.49. The lowest BCUT2D eigenvalue weighted by atomic mass is 9.48. The lowest BCUT2D eigenvalue weighted by Crippen LogP contribution is -2.52. The van der Waals surface area contributed by atoms with Gasteiger partial charge in [0.2, 0.25) is 0 Å². The van der Waals surface area contributed by atoms with Crippen molar-refractivity contribution >= 4 is 11.9 Å². The van der Waals surface area contributed by atoms with Crippen molar-refractivity contribution in [3.63, 3.8) is 0 Å². The predicted octanol–water partition coefficient (Wildman–Crippen LogP) is 3.11. The van der Waals surface area contributed by atoms with Crippen molar-refractivity contribution < 1.29 is 19.1 Å². The highest BCUT2D eigenvalue weighted by Gasteiger charge is 2.56. The van der Waals surface area contributed by atoms with E-state index in [0.717, 1.165) is 25.7 Å². The minimum atomic E-state index is -0.520. The molecule has 1 fully saturated rings. The van der Waals surface area contributed by atoms with Gasteiger partial charge in [0.1, 0.15) is 0 Å². The van der Waals surface area contributed by atoms with Gasteiger partial charge in [-0.3, -0.25) is 4.79 Å². The van der Waals surface area contributed by atoms with E-state index >= 15 is 0 Å². The normalized spacial score (nSPS) is 34.4. The van der Waals surface area contributed by atoms with Gasteiger partial charge in [-0.05, 0) is 36.0 Å². The van der Waals surface area contributed by atoms with Gasteiger partial charge in [0, 0.05) is 5.57 Å².